The largest absolute Gasteiger partial charge is 0.423 e. The van der Waals surface area contributed by atoms with Gasteiger partial charge in [0.1, 0.15) is 17.6 Å². The standard InChI is InChI=1S/C23H19F6N7O2/c1-10(33-17-8-32-35-21(37)18(17)23(27,28)29)4-12(24)9-36-3-2-11-5-14(15(25)6-13(11)22(36)38)20-31-7-16(26)19(30)34-20/h2-3,5-8,10,12H,4,9H2,1H3,(H2,30,31,34)(H2,33,35,37)/t10-,12+/m1/s1. The molecule has 4 aromatic rings. The summed E-state index contributed by atoms with van der Waals surface area (Å²) in [6.07, 6.45) is -4.15. The van der Waals surface area contributed by atoms with E-state index in [1.807, 2.05) is 0 Å². The Bertz CT molecular complexity index is 1620. The van der Waals surface area contributed by atoms with Crippen molar-refractivity contribution in [1.82, 2.24) is 24.7 Å². The van der Waals surface area contributed by atoms with Crippen LogP contribution < -0.4 is 22.2 Å². The smallest absolute Gasteiger partial charge is 0.381 e. The predicted octanol–water partition coefficient (Wildman–Crippen LogP) is 3.65. The quantitative estimate of drug-likeness (QED) is 0.306. The molecule has 0 radical (unpaired) electrons. The molecule has 0 spiro atoms. The number of pyridine rings is 1. The number of hydrogen-bond acceptors (Lipinski definition) is 7. The number of hydrogen-bond donors (Lipinski definition) is 3. The van der Waals surface area contributed by atoms with Gasteiger partial charge in [0.05, 0.1) is 35.6 Å². The summed E-state index contributed by atoms with van der Waals surface area (Å²) in [5, 5.41) is 7.68. The van der Waals surface area contributed by atoms with Gasteiger partial charge >= 0.3 is 6.18 Å². The number of H-pyrrole nitrogens is 1. The number of nitrogens with zero attached hydrogens (tertiary/aromatic N) is 4. The van der Waals surface area contributed by atoms with Gasteiger partial charge in [0.2, 0.25) is 0 Å². The van der Waals surface area contributed by atoms with E-state index in [1.54, 1.807) is 5.10 Å². The number of alkyl halides is 4. The van der Waals surface area contributed by atoms with E-state index in [2.05, 4.69) is 20.4 Å². The lowest BCUT2D eigenvalue weighted by Crippen LogP contribution is -2.30. The van der Waals surface area contributed by atoms with Crippen LogP contribution >= 0.6 is 0 Å². The molecule has 0 aliphatic carbocycles. The van der Waals surface area contributed by atoms with Crippen LogP contribution in [0.3, 0.4) is 0 Å². The van der Waals surface area contributed by atoms with Gasteiger partial charge < -0.3 is 15.6 Å². The van der Waals surface area contributed by atoms with Gasteiger partial charge in [-0.1, -0.05) is 0 Å². The van der Waals surface area contributed by atoms with Crippen molar-refractivity contribution >= 4 is 22.3 Å². The normalized spacial score (nSPS) is 13.4. The van der Waals surface area contributed by atoms with Crippen molar-refractivity contribution in [3.8, 4) is 11.4 Å². The zero-order valence-electron chi connectivity index (χ0n) is 19.5. The van der Waals surface area contributed by atoms with Gasteiger partial charge in [0.15, 0.2) is 17.5 Å². The molecular weight excluding hydrogens is 520 g/mol. The van der Waals surface area contributed by atoms with Crippen LogP contribution in [-0.4, -0.2) is 36.9 Å². The second kappa shape index (κ2) is 10.1. The fourth-order valence-corrected chi connectivity index (χ4v) is 3.92. The van der Waals surface area contributed by atoms with Gasteiger partial charge in [-0.3, -0.25) is 9.59 Å². The highest BCUT2D eigenvalue weighted by molar-refractivity contribution is 5.86. The monoisotopic (exact) mass is 539 g/mol. The van der Waals surface area contributed by atoms with Gasteiger partial charge in [0, 0.05) is 18.7 Å². The van der Waals surface area contributed by atoms with Crippen molar-refractivity contribution in [2.45, 2.75) is 38.3 Å². The first-order chi connectivity index (χ1) is 17.8. The molecule has 0 amide bonds. The number of anilines is 2. The number of nitrogens with one attached hydrogen (secondary N) is 2. The minimum absolute atomic E-state index is 0.0772. The maximum atomic E-state index is 14.8. The number of nitrogens with two attached hydrogens (primary N) is 1. The zero-order valence-corrected chi connectivity index (χ0v) is 19.5. The second-order valence-electron chi connectivity index (χ2n) is 8.48. The van der Waals surface area contributed by atoms with Crippen molar-refractivity contribution < 1.29 is 26.3 Å². The highest BCUT2D eigenvalue weighted by Gasteiger charge is 2.37. The lowest BCUT2D eigenvalue weighted by molar-refractivity contribution is -0.138. The second-order valence-corrected chi connectivity index (χ2v) is 8.48. The average Bonchev–Trinajstić information content (AvgIpc) is 2.82. The SMILES string of the molecule is C[C@H](C[C@H](F)Cn1ccc2cc(-c3ncc(F)c(N)n3)c(F)cc2c1=O)Nc1cn[nH]c(=O)c1C(F)(F)F. The molecule has 1 aromatic carbocycles. The molecule has 9 nitrogen and oxygen atoms in total. The van der Waals surface area contributed by atoms with E-state index in [0.29, 0.717) is 0 Å². The Kier molecular flexibility index (Phi) is 7.11. The van der Waals surface area contributed by atoms with Gasteiger partial charge in [0.25, 0.3) is 11.1 Å². The molecule has 2 atom stereocenters. The summed E-state index contributed by atoms with van der Waals surface area (Å²) >= 11 is 0. The number of aromatic amines is 1. The summed E-state index contributed by atoms with van der Waals surface area (Å²) in [5.41, 5.74) is 1.02. The van der Waals surface area contributed by atoms with Gasteiger partial charge in [-0.15, -0.1) is 0 Å². The zero-order chi connectivity index (χ0) is 27.8. The first kappa shape index (κ1) is 26.6. The van der Waals surface area contributed by atoms with E-state index in [4.69, 9.17) is 5.73 Å². The minimum atomic E-state index is -4.96. The van der Waals surface area contributed by atoms with Gasteiger partial charge in [-0.2, -0.15) is 18.3 Å². The van der Waals surface area contributed by atoms with Crippen LogP contribution in [0.25, 0.3) is 22.2 Å². The third kappa shape index (κ3) is 5.45. The Balaban J connectivity index is 1.53. The first-order valence-electron chi connectivity index (χ1n) is 11.0. The third-order valence-electron chi connectivity index (χ3n) is 5.62. The number of aromatic nitrogens is 5. The number of nitrogen functional groups attached to an aromatic ring is 1. The Morgan fingerprint density at radius 1 is 1.16 bits per heavy atom. The van der Waals surface area contributed by atoms with Gasteiger partial charge in [-0.25, -0.2) is 28.2 Å². The third-order valence-corrected chi connectivity index (χ3v) is 5.62. The van der Waals surface area contributed by atoms with Crippen molar-refractivity contribution in [3.63, 3.8) is 0 Å². The number of fused-ring (bicyclic) bond motifs is 1. The Morgan fingerprint density at radius 2 is 1.89 bits per heavy atom. The summed E-state index contributed by atoms with van der Waals surface area (Å²) in [7, 11) is 0. The minimum Gasteiger partial charge on any atom is -0.381 e. The van der Waals surface area contributed by atoms with Gasteiger partial charge in [-0.05, 0) is 30.5 Å². The molecule has 0 saturated carbocycles. The predicted molar refractivity (Wildman–Crippen MR) is 126 cm³/mol. The molecule has 0 saturated heterocycles. The molecule has 0 bridgehead atoms. The summed E-state index contributed by atoms with van der Waals surface area (Å²) in [6.45, 7) is 0.930. The summed E-state index contributed by atoms with van der Waals surface area (Å²) in [4.78, 5) is 31.9. The maximum absolute atomic E-state index is 14.8. The van der Waals surface area contributed by atoms with E-state index >= 15 is 0 Å². The number of halogens is 6. The molecular formula is C23H19F6N7O2. The molecule has 0 aliphatic rings. The van der Waals surface area contributed by atoms with E-state index in [1.165, 1.54) is 25.3 Å². The lowest BCUT2D eigenvalue weighted by Gasteiger charge is -2.20. The van der Waals surface area contributed by atoms with Crippen molar-refractivity contribution in [3.05, 3.63) is 74.7 Å². The Hall–Kier alpha value is -4.43. The summed E-state index contributed by atoms with van der Waals surface area (Å²) in [6, 6.07) is 2.74. The topological polar surface area (TPSA) is 132 Å². The van der Waals surface area contributed by atoms with Crippen molar-refractivity contribution in [2.24, 2.45) is 0 Å². The van der Waals surface area contributed by atoms with Crippen LogP contribution in [0, 0.1) is 11.6 Å². The lowest BCUT2D eigenvalue weighted by atomic mass is 10.1. The number of benzene rings is 1. The highest BCUT2D eigenvalue weighted by atomic mass is 19.4. The fraction of sp³-hybridized carbons (Fsp3) is 0.261. The van der Waals surface area contributed by atoms with E-state index in [-0.39, 0.29) is 28.6 Å². The summed E-state index contributed by atoms with van der Waals surface area (Å²) in [5.74, 6) is -2.44. The van der Waals surface area contributed by atoms with Crippen LogP contribution in [0.15, 0.2) is 46.4 Å². The summed E-state index contributed by atoms with van der Waals surface area (Å²) < 4.78 is 83.6. The Morgan fingerprint density at radius 3 is 2.58 bits per heavy atom. The molecule has 4 N–H and O–H groups in total. The maximum Gasteiger partial charge on any atom is 0.423 e. The molecule has 3 heterocycles. The van der Waals surface area contributed by atoms with Crippen molar-refractivity contribution in [1.29, 1.82) is 0 Å². The number of rotatable bonds is 7. The first-order valence-corrected chi connectivity index (χ1v) is 11.0. The molecule has 0 fully saturated rings. The molecule has 0 unspecified atom stereocenters. The van der Waals surface area contributed by atoms with Crippen LogP contribution in [-0.2, 0) is 12.7 Å². The highest BCUT2D eigenvalue weighted by Crippen LogP contribution is 2.32. The molecule has 0 aliphatic heterocycles. The molecule has 4 rings (SSSR count). The van der Waals surface area contributed by atoms with Crippen LogP contribution in [0.4, 0.5) is 37.8 Å². The molecule has 15 heteroatoms. The van der Waals surface area contributed by atoms with E-state index < -0.39 is 64.8 Å². The van der Waals surface area contributed by atoms with Crippen LogP contribution in [0.1, 0.15) is 18.9 Å². The van der Waals surface area contributed by atoms with E-state index in [0.717, 1.165) is 23.0 Å². The van der Waals surface area contributed by atoms with Crippen LogP contribution in [0.5, 0.6) is 0 Å². The fourth-order valence-electron chi connectivity index (χ4n) is 3.92. The van der Waals surface area contributed by atoms with Crippen LogP contribution in [0.2, 0.25) is 0 Å². The molecule has 3 aromatic heterocycles. The molecule has 38 heavy (non-hydrogen) atoms. The molecule has 200 valence electrons. The average molecular weight is 539 g/mol. The van der Waals surface area contributed by atoms with E-state index in [9.17, 15) is 35.9 Å². The van der Waals surface area contributed by atoms with Crippen molar-refractivity contribution in [2.75, 3.05) is 11.1 Å². The Labute approximate surface area is 209 Å².